The predicted molar refractivity (Wildman–Crippen MR) is 62.1 cm³/mol. The molecule has 0 atom stereocenters. The molecule has 0 aliphatic heterocycles. The topological polar surface area (TPSA) is 77.8 Å². The Hall–Kier alpha value is -0.442. The van der Waals surface area contributed by atoms with E-state index in [4.69, 9.17) is 15.3 Å². The van der Waals surface area contributed by atoms with Crippen LogP contribution in [0.25, 0.3) is 0 Å². The summed E-state index contributed by atoms with van der Waals surface area (Å²) in [7, 11) is 0. The average molecular weight is 412 g/mol. The maximum absolute atomic E-state index is 9.79. The number of rotatable bonds is 5. The van der Waals surface area contributed by atoms with Gasteiger partial charge in [0.15, 0.2) is 0 Å². The summed E-state index contributed by atoms with van der Waals surface area (Å²) in [6, 6.07) is 0. The van der Waals surface area contributed by atoms with Crippen LogP contribution in [-0.4, -0.2) is 34.5 Å². The van der Waals surface area contributed by atoms with Crippen LogP contribution in [0.2, 0.25) is 0 Å². The Bertz CT molecular complexity index is 249. The molecule has 1 rings (SSSR count). The summed E-state index contributed by atoms with van der Waals surface area (Å²) < 4.78 is 0. The van der Waals surface area contributed by atoms with Crippen LogP contribution in [0.1, 0.15) is 32.1 Å². The van der Waals surface area contributed by atoms with Crippen LogP contribution < -0.4 is 0 Å². The summed E-state index contributed by atoms with van der Waals surface area (Å²) in [5.41, 5.74) is 1.05. The molecule has 3 N–H and O–H groups in total. The number of aliphatic hydroxyl groups is 2. The van der Waals surface area contributed by atoms with E-state index in [1.165, 1.54) is 0 Å². The third-order valence-corrected chi connectivity index (χ3v) is 2.05. The molecule has 4 nitrogen and oxygen atoms in total. The number of carboxylic acids is 1. The summed E-state index contributed by atoms with van der Waals surface area (Å²) >= 11 is 0. The Kier molecular flexibility index (Phi) is 15.2. The van der Waals surface area contributed by atoms with Crippen LogP contribution in [0.5, 0.6) is 0 Å². The second-order valence-corrected chi connectivity index (χ2v) is 3.49. The van der Waals surface area contributed by atoms with E-state index in [9.17, 15) is 4.79 Å². The van der Waals surface area contributed by atoms with Gasteiger partial charge in [-0.2, -0.15) is 0 Å². The number of unbranched alkanes of at least 4 members (excludes halogenated alkanes) is 1. The Morgan fingerprint density at radius 2 is 1.94 bits per heavy atom. The Balaban J connectivity index is 0. The second kappa shape index (κ2) is 13.6. The molecule has 1 aliphatic carbocycles. The summed E-state index contributed by atoms with van der Waals surface area (Å²) in [6.07, 6.45) is 9.68. The number of hydrogen-bond donors (Lipinski definition) is 3. The largest absolute Gasteiger partial charge is 0.481 e. The summed E-state index contributed by atoms with van der Waals surface area (Å²) in [5, 5.41) is 24.8. The minimum absolute atomic E-state index is 0. The first-order valence-corrected chi connectivity index (χ1v) is 5.49. The van der Waals surface area contributed by atoms with Crippen LogP contribution in [0.4, 0.5) is 0 Å². The molecule has 0 saturated carbocycles. The molecule has 0 radical (unpaired) electrons. The van der Waals surface area contributed by atoms with Gasteiger partial charge in [-0.05, 0) is 31.3 Å². The van der Waals surface area contributed by atoms with Gasteiger partial charge in [0.25, 0.3) is 0 Å². The summed E-state index contributed by atoms with van der Waals surface area (Å²) in [6.45, 7) is 0.282. The van der Waals surface area contributed by atoms with Gasteiger partial charge in [0, 0.05) is 34.1 Å². The van der Waals surface area contributed by atoms with Gasteiger partial charge < -0.3 is 15.3 Å². The number of aliphatic hydroxyl groups excluding tert-OH is 2. The first-order chi connectivity index (χ1) is 7.70. The van der Waals surface area contributed by atoms with E-state index in [0.29, 0.717) is 12.8 Å². The van der Waals surface area contributed by atoms with E-state index >= 15 is 0 Å². The van der Waals surface area contributed by atoms with Crippen molar-refractivity contribution in [2.45, 2.75) is 32.1 Å². The van der Waals surface area contributed by atoms with Crippen molar-refractivity contribution < 1.29 is 41.2 Å². The quantitative estimate of drug-likeness (QED) is 0.599. The fourth-order valence-corrected chi connectivity index (χ4v) is 1.17. The minimum Gasteiger partial charge on any atom is -0.481 e. The molecule has 0 aromatic heterocycles. The molecule has 17 heavy (non-hydrogen) atoms. The Labute approximate surface area is 116 Å². The molecule has 0 bridgehead atoms. The molecule has 1 aliphatic rings. The summed E-state index contributed by atoms with van der Waals surface area (Å²) in [4.78, 5) is 9.79. The SMILES string of the molecule is O=C(O)CCCCO.OCC1=CCCC=C1.[W]. The normalized spacial score (nSPS) is 12.9. The van der Waals surface area contributed by atoms with Gasteiger partial charge in [-0.1, -0.05) is 18.2 Å². The molecule has 0 heterocycles. The van der Waals surface area contributed by atoms with E-state index < -0.39 is 5.97 Å². The standard InChI is InChI=1S/C7H10O.C5H10O3.W/c8-6-7-4-2-1-3-5-7;6-4-2-1-3-5(7)8;/h2,4-5,8H,1,3,6H2;6H,1-4H2,(H,7,8);. The van der Waals surface area contributed by atoms with Crippen molar-refractivity contribution in [2.24, 2.45) is 0 Å². The zero-order chi connectivity index (χ0) is 12.2. The number of aliphatic carboxylic acids is 1. The maximum atomic E-state index is 9.79. The molecule has 0 fully saturated rings. The second-order valence-electron chi connectivity index (χ2n) is 3.49. The van der Waals surface area contributed by atoms with Crippen molar-refractivity contribution in [3.05, 3.63) is 23.8 Å². The molecule has 0 amide bonds. The number of hydrogen-bond acceptors (Lipinski definition) is 3. The van der Waals surface area contributed by atoms with Gasteiger partial charge in [0.2, 0.25) is 0 Å². The molecular weight excluding hydrogens is 392 g/mol. The minimum atomic E-state index is -0.793. The number of carboxylic acid groups (broad SMARTS) is 1. The van der Waals surface area contributed by atoms with Crippen molar-refractivity contribution in [3.63, 3.8) is 0 Å². The number of allylic oxidation sites excluding steroid dienone is 2. The fraction of sp³-hybridized carbons (Fsp3) is 0.583. The summed E-state index contributed by atoms with van der Waals surface area (Å²) in [5.74, 6) is -0.793. The predicted octanol–water partition coefficient (Wildman–Crippen LogP) is 1.49. The van der Waals surface area contributed by atoms with Crippen molar-refractivity contribution in [1.82, 2.24) is 0 Å². The van der Waals surface area contributed by atoms with Gasteiger partial charge in [-0.15, -0.1) is 0 Å². The first kappa shape index (κ1) is 18.9. The molecule has 0 unspecified atom stereocenters. The van der Waals surface area contributed by atoms with E-state index in [1.807, 2.05) is 6.08 Å². The Morgan fingerprint density at radius 3 is 2.29 bits per heavy atom. The van der Waals surface area contributed by atoms with Crippen molar-refractivity contribution in [2.75, 3.05) is 13.2 Å². The number of carbonyl (C=O) groups is 1. The molecule has 0 aromatic rings. The van der Waals surface area contributed by atoms with Gasteiger partial charge in [-0.3, -0.25) is 4.79 Å². The Morgan fingerprint density at radius 1 is 1.24 bits per heavy atom. The average Bonchev–Trinajstić information content (AvgIpc) is 2.31. The van der Waals surface area contributed by atoms with Gasteiger partial charge in [0.1, 0.15) is 0 Å². The van der Waals surface area contributed by atoms with E-state index in [-0.39, 0.29) is 40.7 Å². The van der Waals surface area contributed by atoms with Crippen LogP contribution in [0, 0.1) is 0 Å². The first-order valence-electron chi connectivity index (χ1n) is 5.49. The molecule has 0 aromatic carbocycles. The van der Waals surface area contributed by atoms with E-state index in [1.54, 1.807) is 0 Å². The van der Waals surface area contributed by atoms with Crippen LogP contribution >= 0.6 is 0 Å². The third-order valence-electron chi connectivity index (χ3n) is 2.05. The van der Waals surface area contributed by atoms with Crippen LogP contribution in [-0.2, 0) is 25.9 Å². The van der Waals surface area contributed by atoms with E-state index in [0.717, 1.165) is 18.4 Å². The monoisotopic (exact) mass is 412 g/mol. The van der Waals surface area contributed by atoms with E-state index in [2.05, 4.69) is 12.2 Å². The molecule has 0 spiro atoms. The third kappa shape index (κ3) is 13.5. The van der Waals surface area contributed by atoms with Gasteiger partial charge in [0.05, 0.1) is 6.61 Å². The molecule has 0 saturated heterocycles. The van der Waals surface area contributed by atoms with Crippen molar-refractivity contribution in [3.8, 4) is 0 Å². The molecule has 98 valence electrons. The zero-order valence-corrected chi connectivity index (χ0v) is 12.8. The van der Waals surface area contributed by atoms with Gasteiger partial charge in [-0.25, -0.2) is 0 Å². The zero-order valence-electron chi connectivity index (χ0n) is 9.84. The fourth-order valence-electron chi connectivity index (χ4n) is 1.17. The molecule has 5 heteroatoms. The van der Waals surface area contributed by atoms with Crippen molar-refractivity contribution >= 4 is 5.97 Å². The molecular formula is C12H20O4W. The van der Waals surface area contributed by atoms with Crippen LogP contribution in [0.15, 0.2) is 23.8 Å². The van der Waals surface area contributed by atoms with Crippen LogP contribution in [0.3, 0.4) is 0 Å². The smallest absolute Gasteiger partial charge is 0.303 e. The van der Waals surface area contributed by atoms with Gasteiger partial charge >= 0.3 is 5.97 Å². The van der Waals surface area contributed by atoms with Crippen molar-refractivity contribution in [1.29, 1.82) is 0 Å². The maximum Gasteiger partial charge on any atom is 0.303 e.